The molecule has 3 heteroatoms. The number of carbonyl (C=O) groups is 1. The van der Waals surface area contributed by atoms with Crippen LogP contribution in [0.15, 0.2) is 64.4 Å². The number of benzene rings is 1. The minimum Gasteiger partial charge on any atom is -0.305 e. The summed E-state index contributed by atoms with van der Waals surface area (Å²) in [5.74, 6) is 0.457. The standard InChI is InChI=1S/C19H23NOS/c1-5-16(11-10-15(4)13-21)22-19-9-7-6-8-17(19)18(20)12-14(2)3/h5-11,13-14,20H,1,12H2,2-4H3/b15-10+,16-11+,20-18?. The van der Waals surface area contributed by atoms with Crippen molar-refractivity contribution in [2.75, 3.05) is 0 Å². The summed E-state index contributed by atoms with van der Waals surface area (Å²) < 4.78 is 0. The molecule has 2 nitrogen and oxygen atoms in total. The summed E-state index contributed by atoms with van der Waals surface area (Å²) in [6, 6.07) is 7.94. The molecule has 0 radical (unpaired) electrons. The van der Waals surface area contributed by atoms with Crippen LogP contribution in [0.25, 0.3) is 0 Å². The lowest BCUT2D eigenvalue weighted by Crippen LogP contribution is -2.04. The Balaban J connectivity index is 3.04. The molecule has 0 heterocycles. The Kier molecular flexibility index (Phi) is 7.61. The van der Waals surface area contributed by atoms with E-state index in [2.05, 4.69) is 20.4 Å². The normalized spacial score (nSPS) is 12.4. The number of allylic oxidation sites excluding steroid dienone is 4. The third-order valence-corrected chi connectivity index (χ3v) is 4.06. The van der Waals surface area contributed by atoms with E-state index in [0.717, 1.165) is 28.1 Å². The fourth-order valence-corrected chi connectivity index (χ4v) is 2.77. The lowest BCUT2D eigenvalue weighted by molar-refractivity contribution is -0.104. The van der Waals surface area contributed by atoms with Gasteiger partial charge in [-0.05, 0) is 37.0 Å². The Morgan fingerprint density at radius 1 is 1.32 bits per heavy atom. The van der Waals surface area contributed by atoms with Crippen LogP contribution in [0.5, 0.6) is 0 Å². The van der Waals surface area contributed by atoms with Gasteiger partial charge in [0.25, 0.3) is 0 Å². The van der Waals surface area contributed by atoms with E-state index >= 15 is 0 Å². The maximum absolute atomic E-state index is 10.7. The maximum atomic E-state index is 10.7. The van der Waals surface area contributed by atoms with E-state index < -0.39 is 0 Å². The second kappa shape index (κ2) is 9.21. The summed E-state index contributed by atoms with van der Waals surface area (Å²) in [6.07, 6.45) is 7.01. The summed E-state index contributed by atoms with van der Waals surface area (Å²) >= 11 is 1.56. The fourth-order valence-electron chi connectivity index (χ4n) is 1.85. The van der Waals surface area contributed by atoms with Crippen molar-refractivity contribution in [3.63, 3.8) is 0 Å². The summed E-state index contributed by atoms with van der Waals surface area (Å²) in [4.78, 5) is 12.6. The van der Waals surface area contributed by atoms with Crippen LogP contribution in [-0.2, 0) is 4.79 Å². The average molecular weight is 313 g/mol. The van der Waals surface area contributed by atoms with Crippen molar-refractivity contribution in [2.45, 2.75) is 32.1 Å². The minimum absolute atomic E-state index is 0.457. The largest absolute Gasteiger partial charge is 0.305 e. The first-order chi connectivity index (χ1) is 10.5. The molecule has 1 rings (SSSR count). The highest BCUT2D eigenvalue weighted by Crippen LogP contribution is 2.31. The Bertz CT molecular complexity index is 612. The SMILES string of the molecule is C=C/C(=C\C=C(/C)C=O)Sc1ccccc1C(=N)CC(C)C. The van der Waals surface area contributed by atoms with Gasteiger partial charge in [0.2, 0.25) is 0 Å². The molecule has 1 aromatic rings. The molecule has 0 aliphatic rings. The molecular formula is C19H23NOS. The number of thioether (sulfide) groups is 1. The highest BCUT2D eigenvalue weighted by molar-refractivity contribution is 8.03. The summed E-state index contributed by atoms with van der Waals surface area (Å²) in [6.45, 7) is 9.82. The highest BCUT2D eigenvalue weighted by Gasteiger charge is 2.10. The fraction of sp³-hybridized carbons (Fsp3) is 0.263. The molecule has 0 atom stereocenters. The van der Waals surface area contributed by atoms with Crippen LogP contribution in [-0.4, -0.2) is 12.0 Å². The van der Waals surface area contributed by atoms with Gasteiger partial charge < -0.3 is 5.41 Å². The minimum atomic E-state index is 0.457. The first-order valence-electron chi connectivity index (χ1n) is 7.28. The second-order valence-electron chi connectivity index (χ2n) is 5.48. The predicted octanol–water partition coefficient (Wildman–Crippen LogP) is 5.41. The van der Waals surface area contributed by atoms with Crippen LogP contribution < -0.4 is 0 Å². The van der Waals surface area contributed by atoms with Gasteiger partial charge in [0.05, 0.1) is 0 Å². The van der Waals surface area contributed by atoms with Gasteiger partial charge in [-0.3, -0.25) is 4.79 Å². The molecule has 0 spiro atoms. The van der Waals surface area contributed by atoms with Gasteiger partial charge in [-0.2, -0.15) is 0 Å². The lowest BCUT2D eigenvalue weighted by atomic mass is 10.0. The molecule has 1 aromatic carbocycles. The third-order valence-electron chi connectivity index (χ3n) is 2.95. The van der Waals surface area contributed by atoms with E-state index in [9.17, 15) is 4.79 Å². The molecule has 1 N–H and O–H groups in total. The van der Waals surface area contributed by atoms with Gasteiger partial charge in [0.1, 0.15) is 6.29 Å². The Morgan fingerprint density at radius 2 is 2.00 bits per heavy atom. The lowest BCUT2D eigenvalue weighted by Gasteiger charge is -2.12. The average Bonchev–Trinajstić information content (AvgIpc) is 2.50. The topological polar surface area (TPSA) is 40.9 Å². The number of rotatable bonds is 8. The molecular weight excluding hydrogens is 290 g/mol. The highest BCUT2D eigenvalue weighted by atomic mass is 32.2. The quantitative estimate of drug-likeness (QED) is 0.229. The molecule has 22 heavy (non-hydrogen) atoms. The van der Waals surface area contributed by atoms with Gasteiger partial charge in [-0.25, -0.2) is 0 Å². The van der Waals surface area contributed by atoms with Crippen LogP contribution in [0.2, 0.25) is 0 Å². The van der Waals surface area contributed by atoms with E-state index in [1.807, 2.05) is 30.3 Å². The Morgan fingerprint density at radius 3 is 2.59 bits per heavy atom. The Hall–Kier alpha value is -1.87. The van der Waals surface area contributed by atoms with E-state index in [-0.39, 0.29) is 0 Å². The molecule has 0 saturated carbocycles. The van der Waals surface area contributed by atoms with Crippen molar-refractivity contribution < 1.29 is 4.79 Å². The number of carbonyl (C=O) groups excluding carboxylic acids is 1. The molecule has 0 unspecified atom stereocenters. The van der Waals surface area contributed by atoms with Crippen LogP contribution in [0.4, 0.5) is 0 Å². The molecule has 0 fully saturated rings. The number of hydrogen-bond acceptors (Lipinski definition) is 3. The third kappa shape index (κ3) is 5.86. The van der Waals surface area contributed by atoms with E-state index in [4.69, 9.17) is 5.41 Å². The van der Waals surface area contributed by atoms with Gasteiger partial charge in [0.15, 0.2) is 0 Å². The second-order valence-corrected chi connectivity index (χ2v) is 6.59. The smallest absolute Gasteiger partial charge is 0.145 e. The molecule has 0 aliphatic carbocycles. The molecule has 0 aromatic heterocycles. The van der Waals surface area contributed by atoms with E-state index in [1.165, 1.54) is 0 Å². The molecule has 0 aliphatic heterocycles. The van der Waals surface area contributed by atoms with Crippen molar-refractivity contribution in [1.82, 2.24) is 0 Å². The van der Waals surface area contributed by atoms with Gasteiger partial charge in [-0.1, -0.05) is 62.5 Å². The molecule has 0 amide bonds. The number of aldehydes is 1. The van der Waals surface area contributed by atoms with Gasteiger partial charge in [0, 0.05) is 21.1 Å². The molecule has 0 saturated heterocycles. The monoisotopic (exact) mass is 313 g/mol. The zero-order chi connectivity index (χ0) is 16.5. The van der Waals surface area contributed by atoms with E-state index in [1.54, 1.807) is 30.8 Å². The zero-order valence-corrected chi connectivity index (χ0v) is 14.2. The maximum Gasteiger partial charge on any atom is 0.145 e. The zero-order valence-electron chi connectivity index (χ0n) is 13.4. The Labute approximate surface area is 137 Å². The van der Waals surface area contributed by atoms with Gasteiger partial charge in [-0.15, -0.1) is 0 Å². The first kappa shape index (κ1) is 18.2. The summed E-state index contributed by atoms with van der Waals surface area (Å²) in [5, 5.41) is 8.29. The number of nitrogens with one attached hydrogen (secondary N) is 1. The predicted molar refractivity (Wildman–Crippen MR) is 96.7 cm³/mol. The van der Waals surface area contributed by atoms with Gasteiger partial charge >= 0.3 is 0 Å². The van der Waals surface area contributed by atoms with Crippen LogP contribution >= 0.6 is 11.8 Å². The summed E-state index contributed by atoms with van der Waals surface area (Å²) in [7, 11) is 0. The van der Waals surface area contributed by atoms with E-state index in [0.29, 0.717) is 17.2 Å². The van der Waals surface area contributed by atoms with Crippen molar-refractivity contribution in [2.24, 2.45) is 5.92 Å². The van der Waals surface area contributed by atoms with Crippen molar-refractivity contribution in [3.05, 3.63) is 65.1 Å². The van der Waals surface area contributed by atoms with Crippen molar-refractivity contribution in [3.8, 4) is 0 Å². The van der Waals surface area contributed by atoms with Crippen LogP contribution in [0.1, 0.15) is 32.8 Å². The van der Waals surface area contributed by atoms with Crippen LogP contribution in [0.3, 0.4) is 0 Å². The first-order valence-corrected chi connectivity index (χ1v) is 8.10. The van der Waals surface area contributed by atoms with Crippen LogP contribution in [0, 0.1) is 11.3 Å². The summed E-state index contributed by atoms with van der Waals surface area (Å²) in [5.41, 5.74) is 2.28. The van der Waals surface area contributed by atoms with Crippen molar-refractivity contribution >= 4 is 23.8 Å². The number of hydrogen-bond donors (Lipinski definition) is 1. The molecule has 0 bridgehead atoms. The van der Waals surface area contributed by atoms with Crippen molar-refractivity contribution in [1.29, 1.82) is 5.41 Å². The molecule has 116 valence electrons.